The summed E-state index contributed by atoms with van der Waals surface area (Å²) in [7, 11) is -4.75. The molecule has 0 unspecified atom stereocenters. The monoisotopic (exact) mass is 391 g/mol. The summed E-state index contributed by atoms with van der Waals surface area (Å²) < 4.78 is 20.5. The van der Waals surface area contributed by atoms with Gasteiger partial charge in [-0.3, -0.25) is 19.6 Å². The Labute approximate surface area is 144 Å². The summed E-state index contributed by atoms with van der Waals surface area (Å²) in [6.45, 7) is 0. The van der Waals surface area contributed by atoms with Crippen molar-refractivity contribution in [3.8, 4) is 0 Å². The molecule has 0 saturated carbocycles. The fourth-order valence-electron chi connectivity index (χ4n) is 2.00. The van der Waals surface area contributed by atoms with Gasteiger partial charge in [0.1, 0.15) is 11.9 Å². The van der Waals surface area contributed by atoms with Crippen molar-refractivity contribution in [3.05, 3.63) is 33.0 Å². The van der Waals surface area contributed by atoms with Crippen molar-refractivity contribution in [1.29, 1.82) is 0 Å². The first-order valence-corrected chi connectivity index (χ1v) is 8.56. The molecule has 1 atom stereocenters. The maximum absolute atomic E-state index is 11.9. The van der Waals surface area contributed by atoms with E-state index in [1.54, 1.807) is 0 Å². The van der Waals surface area contributed by atoms with E-state index in [1.807, 2.05) is 0 Å². The number of thiol groups is 1. The lowest BCUT2D eigenvalue weighted by atomic mass is 10.1. The quantitative estimate of drug-likeness (QED) is 0.119. The second kappa shape index (κ2) is 5.79. The van der Waals surface area contributed by atoms with Crippen molar-refractivity contribution in [1.82, 2.24) is 9.97 Å². The summed E-state index contributed by atoms with van der Waals surface area (Å²) >= 11 is 9.37. The highest BCUT2D eigenvalue weighted by atomic mass is 32.1. The first kappa shape index (κ1) is 16.8. The number of anilines is 3. The zero-order chi connectivity index (χ0) is 17.6. The lowest BCUT2D eigenvalue weighted by Gasteiger charge is -2.34. The number of hydrogen-bond donors (Lipinski definition) is 7. The van der Waals surface area contributed by atoms with E-state index in [-0.39, 0.29) is 33.0 Å². The third-order valence-corrected chi connectivity index (χ3v) is 4.36. The molecule has 0 aliphatic carbocycles. The average molecular weight is 391 g/mol. The second-order valence-electron chi connectivity index (χ2n) is 4.61. The number of thiocarbonyl (C=S) groups is 1. The molecule has 3 rings (SSSR count). The van der Waals surface area contributed by atoms with E-state index in [1.165, 1.54) is 0 Å². The summed E-state index contributed by atoms with van der Waals surface area (Å²) in [5.41, 5.74) is 5.41. The smallest absolute Gasteiger partial charge is 0.460 e. The number of rotatable bonds is 2. The number of fused-ring (bicyclic) bond motifs is 2. The molecule has 24 heavy (non-hydrogen) atoms. The van der Waals surface area contributed by atoms with Gasteiger partial charge in [0, 0.05) is 0 Å². The van der Waals surface area contributed by atoms with Crippen LogP contribution < -0.4 is 21.9 Å². The van der Waals surface area contributed by atoms with E-state index in [4.69, 9.17) is 32.5 Å². The van der Waals surface area contributed by atoms with Gasteiger partial charge in [-0.15, -0.1) is 12.6 Å². The molecule has 2 aliphatic heterocycles. The molecule has 7 N–H and O–H groups in total. The topological polar surface area (TPSA) is 172 Å². The molecule has 11 nitrogen and oxygen atoms in total. The third kappa shape index (κ3) is 3.12. The van der Waals surface area contributed by atoms with Gasteiger partial charge in [-0.1, -0.05) is 12.2 Å². The molecule has 0 fully saturated rings. The lowest BCUT2D eigenvalue weighted by molar-refractivity contribution is 0.167. The summed E-state index contributed by atoms with van der Waals surface area (Å²) in [5.74, 6) is -0.0876. The predicted octanol–water partition coefficient (Wildman–Crippen LogP) is 0.00780. The Hall–Kier alpha value is -2.05. The number of phosphoric ester groups is 1. The van der Waals surface area contributed by atoms with Crippen LogP contribution in [0.15, 0.2) is 27.4 Å². The Morgan fingerprint density at radius 1 is 1.50 bits per heavy atom. The zero-order valence-corrected chi connectivity index (χ0v) is 14.1. The zero-order valence-electron chi connectivity index (χ0n) is 11.5. The number of phosphoric acid groups is 1. The van der Waals surface area contributed by atoms with E-state index >= 15 is 0 Å². The average Bonchev–Trinajstić information content (AvgIpc) is 2.47. The highest BCUT2D eigenvalue weighted by molar-refractivity contribution is 7.90. The Morgan fingerprint density at radius 2 is 2.21 bits per heavy atom. The largest absolute Gasteiger partial charge is 0.524 e. The highest BCUT2D eigenvalue weighted by Crippen LogP contribution is 2.39. The molecule has 128 valence electrons. The van der Waals surface area contributed by atoms with E-state index < -0.39 is 19.6 Å². The number of nitrogen functional groups attached to an aromatic ring is 1. The summed E-state index contributed by atoms with van der Waals surface area (Å²) in [6, 6.07) is 0. The van der Waals surface area contributed by atoms with Crippen LogP contribution in [0.3, 0.4) is 0 Å². The molecule has 0 spiro atoms. The van der Waals surface area contributed by atoms with Crippen LogP contribution in [-0.2, 0) is 13.8 Å². The molecular weight excluding hydrogens is 381 g/mol. The molecular formula is C10H10N5O6PS2. The molecule has 14 heteroatoms. The molecule has 0 radical (unpaired) electrons. The van der Waals surface area contributed by atoms with Crippen LogP contribution in [0.4, 0.5) is 17.5 Å². The van der Waals surface area contributed by atoms with E-state index in [0.717, 1.165) is 0 Å². The normalized spacial score (nSPS) is 21.4. The van der Waals surface area contributed by atoms with Crippen LogP contribution >= 0.6 is 32.7 Å². The van der Waals surface area contributed by atoms with Crippen LogP contribution in [0.1, 0.15) is 0 Å². The molecule has 0 aromatic carbocycles. The van der Waals surface area contributed by atoms with Crippen molar-refractivity contribution in [2.75, 3.05) is 16.4 Å². The fourth-order valence-corrected chi connectivity index (χ4v) is 2.72. The summed E-state index contributed by atoms with van der Waals surface area (Å²) in [4.78, 5) is 35.9. The third-order valence-electron chi connectivity index (χ3n) is 2.96. The van der Waals surface area contributed by atoms with Gasteiger partial charge < -0.3 is 25.6 Å². The number of nitrogens with one attached hydrogen (secondary N) is 3. The maximum Gasteiger partial charge on any atom is 0.524 e. The Kier molecular flexibility index (Phi) is 4.05. The van der Waals surface area contributed by atoms with Crippen molar-refractivity contribution >= 4 is 55.0 Å². The van der Waals surface area contributed by atoms with Crippen LogP contribution in [0.2, 0.25) is 0 Å². The standard InChI is InChI=1S/C10H10N5O6PS2/c11-10-14-7-4(8(16)15-10)12-3-6(24)5(23)2(21-9(3)13-7)1-20-22(17,18)19/h1,9,12,24H,(H2,17,18,19)(H4,11,13,14,15,16)/b2-1-/t9-/m1/s1. The molecule has 1 aromatic heterocycles. The van der Waals surface area contributed by atoms with E-state index in [2.05, 4.69) is 37.8 Å². The summed E-state index contributed by atoms with van der Waals surface area (Å²) in [5, 5.41) is 5.62. The second-order valence-corrected chi connectivity index (χ2v) is 6.66. The predicted molar refractivity (Wildman–Crippen MR) is 91.2 cm³/mol. The number of nitrogens with two attached hydrogens (primary N) is 1. The van der Waals surface area contributed by atoms with Crippen molar-refractivity contribution in [2.45, 2.75) is 6.23 Å². The van der Waals surface area contributed by atoms with Gasteiger partial charge >= 0.3 is 7.82 Å². The van der Waals surface area contributed by atoms with Crippen LogP contribution in [0.25, 0.3) is 0 Å². The Balaban J connectivity index is 1.99. The van der Waals surface area contributed by atoms with Crippen molar-refractivity contribution in [3.63, 3.8) is 0 Å². The van der Waals surface area contributed by atoms with Gasteiger partial charge in [-0.2, -0.15) is 4.98 Å². The van der Waals surface area contributed by atoms with Gasteiger partial charge in [-0.25, -0.2) is 4.57 Å². The first-order chi connectivity index (χ1) is 11.2. The minimum absolute atomic E-state index is 0.0376. The summed E-state index contributed by atoms with van der Waals surface area (Å²) in [6.07, 6.45) is -0.190. The van der Waals surface area contributed by atoms with Gasteiger partial charge in [-0.05, 0) is 0 Å². The number of allylic oxidation sites excluding steroid dienone is 1. The number of ether oxygens (including phenoxy) is 1. The lowest BCUT2D eigenvalue weighted by Crippen LogP contribution is -2.41. The number of H-pyrrole nitrogens is 1. The van der Waals surface area contributed by atoms with Crippen molar-refractivity contribution in [2.24, 2.45) is 0 Å². The number of hydrogen-bond acceptors (Lipinski definition) is 10. The molecule has 0 bridgehead atoms. The highest BCUT2D eigenvalue weighted by Gasteiger charge is 2.36. The molecule has 3 heterocycles. The van der Waals surface area contributed by atoms with Crippen LogP contribution in [0, 0.1) is 0 Å². The van der Waals surface area contributed by atoms with Gasteiger partial charge in [0.2, 0.25) is 12.2 Å². The Morgan fingerprint density at radius 3 is 2.88 bits per heavy atom. The van der Waals surface area contributed by atoms with E-state index in [0.29, 0.717) is 12.0 Å². The van der Waals surface area contributed by atoms with Crippen LogP contribution in [-0.4, -0.2) is 30.8 Å². The number of nitrogens with zero attached hydrogens (tertiary/aromatic N) is 1. The van der Waals surface area contributed by atoms with Gasteiger partial charge in [0.05, 0.1) is 15.5 Å². The molecule has 0 amide bonds. The van der Waals surface area contributed by atoms with Crippen molar-refractivity contribution < 1.29 is 23.6 Å². The molecule has 2 aliphatic rings. The minimum Gasteiger partial charge on any atom is -0.460 e. The fraction of sp³-hybridized carbons (Fsp3) is 0.100. The van der Waals surface area contributed by atoms with Crippen LogP contribution in [0.5, 0.6) is 0 Å². The van der Waals surface area contributed by atoms with Gasteiger partial charge in [0.15, 0.2) is 11.6 Å². The Bertz CT molecular complexity index is 905. The molecule has 0 saturated heterocycles. The maximum atomic E-state index is 11.9. The minimum atomic E-state index is -4.75. The number of aromatic nitrogens is 2. The number of aromatic amines is 1. The van der Waals surface area contributed by atoms with Gasteiger partial charge in [0.25, 0.3) is 5.56 Å². The first-order valence-electron chi connectivity index (χ1n) is 6.17. The molecule has 1 aromatic rings. The van der Waals surface area contributed by atoms with E-state index in [9.17, 15) is 9.36 Å². The SMILES string of the molecule is Nc1nc2c(c(=O)[nH]1)NC1=C(S)C(=S)/C(=C/OP(=O)(O)O)O[C@H]1N2.